The van der Waals surface area contributed by atoms with Gasteiger partial charge in [-0.2, -0.15) is 0 Å². The molecule has 1 aliphatic rings. The molecule has 21 heavy (non-hydrogen) atoms. The SMILES string of the molecule is COC(=O)c1cc(N)cc(Cl)c1OC1CC(C)CC(C)C1. The summed E-state index contributed by atoms with van der Waals surface area (Å²) in [6, 6.07) is 3.14. The molecule has 1 aromatic carbocycles. The summed E-state index contributed by atoms with van der Waals surface area (Å²) in [6.07, 6.45) is 3.20. The highest BCUT2D eigenvalue weighted by Gasteiger charge is 2.28. The minimum absolute atomic E-state index is 0.0632. The lowest BCUT2D eigenvalue weighted by atomic mass is 9.82. The van der Waals surface area contributed by atoms with E-state index in [-0.39, 0.29) is 11.7 Å². The zero-order valence-electron chi connectivity index (χ0n) is 12.7. The Kier molecular flexibility index (Phi) is 4.99. The number of rotatable bonds is 3. The van der Waals surface area contributed by atoms with E-state index in [4.69, 9.17) is 26.8 Å². The van der Waals surface area contributed by atoms with Crippen molar-refractivity contribution in [1.29, 1.82) is 0 Å². The molecule has 1 aromatic rings. The fourth-order valence-electron chi connectivity index (χ4n) is 3.13. The van der Waals surface area contributed by atoms with Crippen molar-refractivity contribution in [3.8, 4) is 5.75 Å². The number of anilines is 1. The summed E-state index contributed by atoms with van der Waals surface area (Å²) >= 11 is 6.21. The van der Waals surface area contributed by atoms with Gasteiger partial charge in [0.25, 0.3) is 0 Å². The summed E-state index contributed by atoms with van der Waals surface area (Å²) in [5.41, 5.74) is 6.45. The first kappa shape index (κ1) is 16.0. The first-order valence-corrected chi connectivity index (χ1v) is 7.62. The standard InChI is InChI=1S/C16H22ClNO3/c1-9-4-10(2)6-12(5-9)21-15-13(16(19)20-3)7-11(18)8-14(15)17/h7-10,12H,4-6,18H2,1-3H3. The molecule has 1 fully saturated rings. The highest BCUT2D eigenvalue weighted by atomic mass is 35.5. The van der Waals surface area contributed by atoms with Crippen molar-refractivity contribution >= 4 is 23.3 Å². The predicted molar refractivity (Wildman–Crippen MR) is 83.8 cm³/mol. The molecule has 0 bridgehead atoms. The van der Waals surface area contributed by atoms with E-state index in [9.17, 15) is 4.79 Å². The number of nitrogens with two attached hydrogens (primary N) is 1. The number of ether oxygens (including phenoxy) is 2. The highest BCUT2D eigenvalue weighted by Crippen LogP contribution is 2.37. The lowest BCUT2D eigenvalue weighted by molar-refractivity contribution is 0.0583. The molecule has 116 valence electrons. The van der Waals surface area contributed by atoms with Gasteiger partial charge in [0, 0.05) is 5.69 Å². The summed E-state index contributed by atoms with van der Waals surface area (Å²) < 4.78 is 10.8. The summed E-state index contributed by atoms with van der Waals surface area (Å²) in [5, 5.41) is 0.348. The Hall–Kier alpha value is -1.42. The number of carbonyl (C=O) groups excluding carboxylic acids is 1. The molecule has 0 radical (unpaired) electrons. The molecule has 0 aromatic heterocycles. The molecule has 5 heteroatoms. The van der Waals surface area contributed by atoms with E-state index in [1.54, 1.807) is 12.1 Å². The molecule has 2 atom stereocenters. The fraction of sp³-hybridized carbons (Fsp3) is 0.562. The van der Waals surface area contributed by atoms with Gasteiger partial charge in [-0.15, -0.1) is 0 Å². The molecule has 2 unspecified atom stereocenters. The Labute approximate surface area is 130 Å². The van der Waals surface area contributed by atoms with Crippen molar-refractivity contribution in [2.24, 2.45) is 11.8 Å². The number of carbonyl (C=O) groups is 1. The second kappa shape index (κ2) is 6.56. The fourth-order valence-corrected chi connectivity index (χ4v) is 3.40. The van der Waals surface area contributed by atoms with Crippen LogP contribution >= 0.6 is 11.6 Å². The first-order chi connectivity index (χ1) is 9.90. The third kappa shape index (κ3) is 3.82. The lowest BCUT2D eigenvalue weighted by Gasteiger charge is -2.32. The van der Waals surface area contributed by atoms with Crippen LogP contribution in [-0.2, 0) is 4.74 Å². The number of halogens is 1. The van der Waals surface area contributed by atoms with E-state index >= 15 is 0 Å². The summed E-state index contributed by atoms with van der Waals surface area (Å²) in [4.78, 5) is 11.9. The van der Waals surface area contributed by atoms with Gasteiger partial charge in [-0.05, 0) is 43.2 Å². The van der Waals surface area contributed by atoms with Crippen LogP contribution in [0.15, 0.2) is 12.1 Å². The molecule has 1 saturated carbocycles. The third-order valence-electron chi connectivity index (χ3n) is 3.89. The van der Waals surface area contributed by atoms with Crippen LogP contribution in [0.5, 0.6) is 5.75 Å². The summed E-state index contributed by atoms with van der Waals surface area (Å²) in [7, 11) is 1.33. The maximum Gasteiger partial charge on any atom is 0.341 e. The first-order valence-electron chi connectivity index (χ1n) is 7.24. The Morgan fingerprint density at radius 1 is 1.24 bits per heavy atom. The molecule has 2 rings (SSSR count). The highest BCUT2D eigenvalue weighted by molar-refractivity contribution is 6.33. The van der Waals surface area contributed by atoms with E-state index < -0.39 is 5.97 Å². The summed E-state index contributed by atoms with van der Waals surface area (Å²) in [5.74, 6) is 1.10. The summed E-state index contributed by atoms with van der Waals surface area (Å²) in [6.45, 7) is 4.44. The van der Waals surface area contributed by atoms with Crippen LogP contribution in [0, 0.1) is 11.8 Å². The van der Waals surface area contributed by atoms with Crippen LogP contribution in [0.1, 0.15) is 43.5 Å². The van der Waals surface area contributed by atoms with Crippen molar-refractivity contribution < 1.29 is 14.3 Å². The van der Waals surface area contributed by atoms with Gasteiger partial charge in [0.05, 0.1) is 18.2 Å². The van der Waals surface area contributed by atoms with Gasteiger partial charge in [0.1, 0.15) is 5.56 Å². The maximum absolute atomic E-state index is 11.9. The molecule has 1 aliphatic carbocycles. The zero-order valence-corrected chi connectivity index (χ0v) is 13.4. The quantitative estimate of drug-likeness (QED) is 0.679. The smallest absolute Gasteiger partial charge is 0.341 e. The second-order valence-electron chi connectivity index (χ2n) is 6.03. The number of nitrogen functional groups attached to an aromatic ring is 1. The second-order valence-corrected chi connectivity index (χ2v) is 6.44. The van der Waals surface area contributed by atoms with Gasteiger partial charge in [0.15, 0.2) is 5.75 Å². The van der Waals surface area contributed by atoms with E-state index in [0.29, 0.717) is 28.3 Å². The monoisotopic (exact) mass is 311 g/mol. The minimum atomic E-state index is -0.490. The van der Waals surface area contributed by atoms with Crippen molar-refractivity contribution in [1.82, 2.24) is 0 Å². The van der Waals surface area contributed by atoms with E-state index in [1.807, 2.05) is 0 Å². The topological polar surface area (TPSA) is 61.5 Å². The van der Waals surface area contributed by atoms with Gasteiger partial charge in [0.2, 0.25) is 0 Å². The zero-order chi connectivity index (χ0) is 15.6. The number of esters is 1. The Bertz CT molecular complexity index is 522. The Morgan fingerprint density at radius 2 is 1.86 bits per heavy atom. The molecule has 0 aliphatic heterocycles. The Balaban J connectivity index is 2.28. The molecule has 0 heterocycles. The number of benzene rings is 1. The van der Waals surface area contributed by atoms with Gasteiger partial charge >= 0.3 is 5.97 Å². The van der Waals surface area contributed by atoms with Crippen LogP contribution in [0.3, 0.4) is 0 Å². The Morgan fingerprint density at radius 3 is 2.43 bits per heavy atom. The predicted octanol–water partition coefficient (Wildman–Crippen LogP) is 3.91. The van der Waals surface area contributed by atoms with Crippen molar-refractivity contribution in [3.05, 3.63) is 22.7 Å². The normalized spacial score (nSPS) is 25.4. The molecular formula is C16H22ClNO3. The largest absolute Gasteiger partial charge is 0.488 e. The molecule has 2 N–H and O–H groups in total. The third-order valence-corrected chi connectivity index (χ3v) is 4.17. The molecule has 0 spiro atoms. The van der Waals surface area contributed by atoms with Crippen molar-refractivity contribution in [2.75, 3.05) is 12.8 Å². The van der Waals surface area contributed by atoms with E-state index in [0.717, 1.165) is 12.8 Å². The van der Waals surface area contributed by atoms with E-state index in [1.165, 1.54) is 13.5 Å². The molecule has 4 nitrogen and oxygen atoms in total. The average Bonchev–Trinajstić information content (AvgIpc) is 2.39. The van der Waals surface area contributed by atoms with Crippen LogP contribution in [0.4, 0.5) is 5.69 Å². The average molecular weight is 312 g/mol. The van der Waals surface area contributed by atoms with Crippen LogP contribution in [0.25, 0.3) is 0 Å². The van der Waals surface area contributed by atoms with Crippen molar-refractivity contribution in [2.45, 2.75) is 39.2 Å². The van der Waals surface area contributed by atoms with Gasteiger partial charge in [-0.1, -0.05) is 25.4 Å². The number of hydrogen-bond donors (Lipinski definition) is 1. The number of methoxy groups -OCH3 is 1. The van der Waals surface area contributed by atoms with Crippen molar-refractivity contribution in [3.63, 3.8) is 0 Å². The molecule has 0 saturated heterocycles. The van der Waals surface area contributed by atoms with Crippen LogP contribution in [0.2, 0.25) is 5.02 Å². The van der Waals surface area contributed by atoms with Gasteiger partial charge in [-0.25, -0.2) is 4.79 Å². The van der Waals surface area contributed by atoms with Crippen LogP contribution < -0.4 is 10.5 Å². The van der Waals surface area contributed by atoms with Gasteiger partial charge in [-0.3, -0.25) is 0 Å². The minimum Gasteiger partial charge on any atom is -0.488 e. The number of hydrogen-bond acceptors (Lipinski definition) is 4. The van der Waals surface area contributed by atoms with E-state index in [2.05, 4.69) is 13.8 Å². The van der Waals surface area contributed by atoms with Crippen LogP contribution in [-0.4, -0.2) is 19.2 Å². The molecule has 0 amide bonds. The maximum atomic E-state index is 11.9. The molecular weight excluding hydrogens is 290 g/mol. The lowest BCUT2D eigenvalue weighted by Crippen LogP contribution is -2.29. The van der Waals surface area contributed by atoms with Gasteiger partial charge < -0.3 is 15.2 Å².